The van der Waals surface area contributed by atoms with Crippen molar-refractivity contribution in [3.8, 4) is 5.75 Å². The number of fused-ring (bicyclic) bond motifs is 2. The predicted octanol–water partition coefficient (Wildman–Crippen LogP) is 2.16. The molecule has 0 saturated carbocycles. The number of rotatable bonds is 7. The predicted molar refractivity (Wildman–Crippen MR) is 131 cm³/mol. The van der Waals surface area contributed by atoms with Crippen molar-refractivity contribution in [3.63, 3.8) is 0 Å². The van der Waals surface area contributed by atoms with Crippen molar-refractivity contribution in [2.45, 2.75) is 42.5 Å². The van der Waals surface area contributed by atoms with Crippen LogP contribution in [0.15, 0.2) is 48.5 Å². The lowest BCUT2D eigenvalue weighted by Crippen LogP contribution is -2.66. The lowest BCUT2D eigenvalue weighted by molar-refractivity contribution is -0.310. The van der Waals surface area contributed by atoms with Crippen molar-refractivity contribution < 1.29 is 43.2 Å². The van der Waals surface area contributed by atoms with Crippen LogP contribution in [0.4, 0.5) is 0 Å². The van der Waals surface area contributed by atoms with Crippen LogP contribution in [0.2, 0.25) is 0 Å². The summed E-state index contributed by atoms with van der Waals surface area (Å²) in [5.74, 6) is -0.438. The van der Waals surface area contributed by atoms with Gasteiger partial charge in [-0.1, -0.05) is 24.3 Å². The third-order valence-electron chi connectivity index (χ3n) is 6.66. The SMILES string of the molecule is COC(=O)CCS[C@@H]1O[C@@H]2COC(c3ccc(OC)cc3)O[C@H]2[C@H](O)[C@H]1N1C(=O)c2ccccc2C1=O. The Morgan fingerprint density at radius 2 is 1.73 bits per heavy atom. The van der Waals surface area contributed by atoms with Crippen LogP contribution in [-0.4, -0.2) is 84.2 Å². The number of hydrogen-bond acceptors (Lipinski definition) is 10. The highest BCUT2D eigenvalue weighted by Crippen LogP contribution is 2.41. The van der Waals surface area contributed by atoms with Crippen LogP contribution in [0.3, 0.4) is 0 Å². The van der Waals surface area contributed by atoms with Gasteiger partial charge in [0.05, 0.1) is 38.4 Å². The Bertz CT molecular complexity index is 1140. The first-order valence-electron chi connectivity index (χ1n) is 11.8. The van der Waals surface area contributed by atoms with Crippen LogP contribution in [0.5, 0.6) is 5.75 Å². The first-order valence-corrected chi connectivity index (χ1v) is 12.9. The summed E-state index contributed by atoms with van der Waals surface area (Å²) in [7, 11) is 2.87. The standard InChI is InChI=1S/C26H27NO9S/c1-32-15-9-7-14(8-10-15)25-34-13-18-22(36-25)21(29)20(26(35-18)37-12-11-19(28)33-2)27-23(30)16-5-3-4-6-17(16)24(27)31/h3-10,18,20-22,25-26,29H,11-13H2,1-2H3/t18-,20-,21-,22-,25?,26+/m1/s1. The molecule has 0 radical (unpaired) electrons. The summed E-state index contributed by atoms with van der Waals surface area (Å²) in [4.78, 5) is 39.3. The number of carbonyl (C=O) groups excluding carboxylic acids is 3. The molecule has 196 valence electrons. The molecule has 3 aliphatic heterocycles. The zero-order valence-corrected chi connectivity index (χ0v) is 21.1. The highest BCUT2D eigenvalue weighted by Gasteiger charge is 2.55. The first-order chi connectivity index (χ1) is 17.9. The van der Waals surface area contributed by atoms with Crippen LogP contribution in [-0.2, 0) is 23.7 Å². The number of thioether (sulfide) groups is 1. The lowest BCUT2D eigenvalue weighted by atomic mass is 9.95. The third-order valence-corrected chi connectivity index (χ3v) is 7.82. The maximum absolute atomic E-state index is 13.3. The number of hydrogen-bond donors (Lipinski definition) is 1. The highest BCUT2D eigenvalue weighted by atomic mass is 32.2. The Morgan fingerprint density at radius 1 is 1.05 bits per heavy atom. The van der Waals surface area contributed by atoms with Crippen LogP contribution >= 0.6 is 11.8 Å². The summed E-state index contributed by atoms with van der Waals surface area (Å²) < 4.78 is 28.2. The molecule has 3 aliphatic rings. The fourth-order valence-electron chi connectivity index (χ4n) is 4.76. The van der Waals surface area contributed by atoms with Gasteiger partial charge in [0, 0.05) is 11.3 Å². The molecule has 2 aromatic carbocycles. The molecule has 2 fully saturated rings. The molecule has 0 bridgehead atoms. The molecule has 6 atom stereocenters. The maximum atomic E-state index is 13.3. The molecule has 11 heteroatoms. The highest BCUT2D eigenvalue weighted by molar-refractivity contribution is 7.99. The first kappa shape index (κ1) is 25.7. The Balaban J connectivity index is 1.41. The molecule has 0 aliphatic carbocycles. The van der Waals surface area contributed by atoms with Crippen molar-refractivity contribution in [1.29, 1.82) is 0 Å². The fraction of sp³-hybridized carbons (Fsp3) is 0.423. The third kappa shape index (κ3) is 4.85. The average Bonchev–Trinajstić information content (AvgIpc) is 3.18. The van der Waals surface area contributed by atoms with E-state index in [1.807, 2.05) is 0 Å². The monoisotopic (exact) mass is 529 g/mol. The van der Waals surface area contributed by atoms with Crippen molar-refractivity contribution in [3.05, 3.63) is 65.2 Å². The van der Waals surface area contributed by atoms with Gasteiger partial charge in [-0.15, -0.1) is 11.8 Å². The van der Waals surface area contributed by atoms with E-state index in [9.17, 15) is 19.5 Å². The van der Waals surface area contributed by atoms with Crippen molar-refractivity contribution in [2.24, 2.45) is 0 Å². The van der Waals surface area contributed by atoms with Gasteiger partial charge < -0.3 is 28.8 Å². The summed E-state index contributed by atoms with van der Waals surface area (Å²) in [6.07, 6.45) is -3.45. The number of nitrogens with zero attached hydrogens (tertiary/aromatic N) is 1. The van der Waals surface area contributed by atoms with E-state index in [0.29, 0.717) is 11.5 Å². The lowest BCUT2D eigenvalue weighted by Gasteiger charge is -2.49. The van der Waals surface area contributed by atoms with Gasteiger partial charge in [0.25, 0.3) is 11.8 Å². The second-order valence-corrected chi connectivity index (χ2v) is 9.99. The number of benzene rings is 2. The van der Waals surface area contributed by atoms with Gasteiger partial charge in [0.15, 0.2) is 6.29 Å². The minimum Gasteiger partial charge on any atom is -0.497 e. The summed E-state index contributed by atoms with van der Waals surface area (Å²) in [5, 5.41) is 11.6. The molecule has 2 amide bonds. The van der Waals surface area contributed by atoms with E-state index in [1.54, 1.807) is 55.6 Å². The molecule has 2 saturated heterocycles. The molecular formula is C26H27NO9S. The molecule has 1 N–H and O–H groups in total. The molecule has 10 nitrogen and oxygen atoms in total. The van der Waals surface area contributed by atoms with Crippen molar-refractivity contribution >= 4 is 29.5 Å². The van der Waals surface area contributed by atoms with Gasteiger partial charge >= 0.3 is 5.97 Å². The van der Waals surface area contributed by atoms with Crippen LogP contribution < -0.4 is 4.74 Å². The van der Waals surface area contributed by atoms with Gasteiger partial charge in [0.1, 0.15) is 35.5 Å². The fourth-order valence-corrected chi connectivity index (χ4v) is 5.98. The van der Waals surface area contributed by atoms with Crippen LogP contribution in [0, 0.1) is 0 Å². The summed E-state index contributed by atoms with van der Waals surface area (Å²) in [6.45, 7) is 0.126. The minimum absolute atomic E-state index is 0.104. The number of aliphatic hydroxyl groups is 1. The molecule has 2 aromatic rings. The van der Waals surface area contributed by atoms with E-state index in [1.165, 1.54) is 18.9 Å². The van der Waals surface area contributed by atoms with Gasteiger partial charge in [-0.2, -0.15) is 0 Å². The van der Waals surface area contributed by atoms with Gasteiger partial charge in [-0.05, 0) is 24.3 Å². The number of ether oxygens (including phenoxy) is 5. The largest absolute Gasteiger partial charge is 0.497 e. The van der Waals surface area contributed by atoms with E-state index in [-0.39, 0.29) is 24.2 Å². The van der Waals surface area contributed by atoms with E-state index in [4.69, 9.17) is 23.7 Å². The van der Waals surface area contributed by atoms with E-state index in [0.717, 1.165) is 10.5 Å². The molecular weight excluding hydrogens is 502 g/mol. The number of methoxy groups -OCH3 is 2. The topological polar surface area (TPSA) is 121 Å². The average molecular weight is 530 g/mol. The molecule has 1 unspecified atom stereocenters. The Kier molecular flexibility index (Phi) is 7.50. The molecule has 0 spiro atoms. The number of imide groups is 1. The summed E-state index contributed by atoms with van der Waals surface area (Å²) >= 11 is 1.23. The van der Waals surface area contributed by atoms with E-state index >= 15 is 0 Å². The Hall–Kier alpha value is -2.96. The van der Waals surface area contributed by atoms with Gasteiger partial charge in [-0.3, -0.25) is 19.3 Å². The molecule has 37 heavy (non-hydrogen) atoms. The summed E-state index contributed by atoms with van der Waals surface area (Å²) in [5.41, 5.74) is 0.444. The zero-order valence-electron chi connectivity index (χ0n) is 20.3. The number of aliphatic hydroxyl groups excluding tert-OH is 1. The van der Waals surface area contributed by atoms with E-state index in [2.05, 4.69) is 0 Å². The van der Waals surface area contributed by atoms with Gasteiger partial charge in [-0.25, -0.2) is 0 Å². The van der Waals surface area contributed by atoms with Crippen LogP contribution in [0.1, 0.15) is 39.0 Å². The maximum Gasteiger partial charge on any atom is 0.306 e. The normalized spacial score (nSPS) is 29.0. The minimum atomic E-state index is -1.26. The molecule has 3 heterocycles. The Morgan fingerprint density at radius 3 is 2.35 bits per heavy atom. The quantitative estimate of drug-likeness (QED) is 0.422. The second kappa shape index (κ2) is 10.8. The second-order valence-electron chi connectivity index (χ2n) is 8.79. The van der Waals surface area contributed by atoms with Crippen LogP contribution in [0.25, 0.3) is 0 Å². The molecule has 5 rings (SSSR count). The summed E-state index contributed by atoms with van der Waals surface area (Å²) in [6, 6.07) is 12.6. The Labute approximate surface area is 217 Å². The molecule has 0 aromatic heterocycles. The number of amides is 2. The number of esters is 1. The smallest absolute Gasteiger partial charge is 0.306 e. The zero-order chi connectivity index (χ0) is 26.1. The van der Waals surface area contributed by atoms with Crippen molar-refractivity contribution in [2.75, 3.05) is 26.6 Å². The van der Waals surface area contributed by atoms with Crippen molar-refractivity contribution in [1.82, 2.24) is 4.90 Å². The van der Waals surface area contributed by atoms with E-state index < -0.39 is 53.9 Å². The number of carbonyl (C=O) groups is 3. The van der Waals surface area contributed by atoms with Gasteiger partial charge in [0.2, 0.25) is 0 Å².